The van der Waals surface area contributed by atoms with Gasteiger partial charge in [0.1, 0.15) is 12.3 Å². The zero-order valence-corrected chi connectivity index (χ0v) is 24.8. The minimum Gasteiger partial charge on any atom is -0.444 e. The van der Waals surface area contributed by atoms with E-state index in [0.29, 0.717) is 17.3 Å². The van der Waals surface area contributed by atoms with Crippen LogP contribution in [0.2, 0.25) is 0 Å². The van der Waals surface area contributed by atoms with Crippen molar-refractivity contribution in [3.05, 3.63) is 144 Å². The molecule has 8 heteroatoms. The lowest BCUT2D eigenvalue weighted by Crippen LogP contribution is -2.27. The topological polar surface area (TPSA) is 95.1 Å². The monoisotopic (exact) mass is 601 g/mol. The number of ether oxygens (including phenoxy) is 1. The van der Waals surface area contributed by atoms with Crippen molar-refractivity contribution in [2.75, 3.05) is 5.32 Å². The van der Waals surface area contributed by atoms with Crippen LogP contribution in [-0.2, 0) is 17.8 Å². The van der Waals surface area contributed by atoms with Crippen LogP contribution < -0.4 is 11.1 Å². The molecule has 44 heavy (non-hydrogen) atoms. The van der Waals surface area contributed by atoms with E-state index in [4.69, 9.17) is 10.5 Å². The zero-order valence-electron chi connectivity index (χ0n) is 24.0. The van der Waals surface area contributed by atoms with Gasteiger partial charge in [0.05, 0.1) is 11.9 Å². The number of fused-ring (bicyclic) bond motifs is 1. The number of nitrogens with two attached hydrogens (primary N) is 1. The van der Waals surface area contributed by atoms with E-state index in [1.54, 1.807) is 4.68 Å². The number of anilines is 1. The van der Waals surface area contributed by atoms with Crippen LogP contribution in [0.15, 0.2) is 128 Å². The first-order valence-electron chi connectivity index (χ1n) is 14.4. The van der Waals surface area contributed by atoms with E-state index in [1.165, 1.54) is 21.9 Å². The Morgan fingerprint density at radius 2 is 1.64 bits per heavy atom. The Morgan fingerprint density at radius 1 is 0.864 bits per heavy atom. The maximum atomic E-state index is 12.3. The molecule has 0 spiro atoms. The van der Waals surface area contributed by atoms with Crippen molar-refractivity contribution in [3.8, 4) is 16.9 Å². The van der Waals surface area contributed by atoms with E-state index in [0.717, 1.165) is 29.7 Å². The molecule has 6 aromatic rings. The van der Waals surface area contributed by atoms with Gasteiger partial charge in [0.15, 0.2) is 0 Å². The highest BCUT2D eigenvalue weighted by Gasteiger charge is 2.51. The lowest BCUT2D eigenvalue weighted by Gasteiger charge is -2.13. The van der Waals surface area contributed by atoms with Gasteiger partial charge in [-0.1, -0.05) is 102 Å². The fraction of sp³-hybridized carbons (Fsp3) is 0.139. The molecular weight excluding hydrogens is 570 g/mol. The van der Waals surface area contributed by atoms with Gasteiger partial charge in [0.2, 0.25) is 0 Å². The number of halogens is 1. The number of carbonyl (C=O) groups is 1. The molecule has 0 radical (unpaired) electrons. The van der Waals surface area contributed by atoms with Crippen molar-refractivity contribution in [2.45, 2.75) is 30.9 Å². The van der Waals surface area contributed by atoms with Crippen molar-refractivity contribution < 1.29 is 9.53 Å². The highest BCUT2D eigenvalue weighted by atomic mass is 35.5. The zero-order chi connectivity index (χ0) is 29.2. The second kappa shape index (κ2) is 12.3. The smallest absolute Gasteiger partial charge is 0.411 e. The number of benzene rings is 5. The van der Waals surface area contributed by atoms with Crippen LogP contribution in [0.3, 0.4) is 0 Å². The predicted octanol–water partition coefficient (Wildman–Crippen LogP) is 7.69. The molecule has 7 rings (SSSR count). The Kier molecular flexibility index (Phi) is 8.15. The standard InChI is InChI=1S/C36H31N5O2.ClH/c37-36(21-26-13-14-27-9-4-5-10-29(27)19-26)22-33(36)28-15-17-32(18-16-28)41-23-34(39-40-41)30-11-6-12-31(20-30)38-35(42)43-24-25-7-2-1-3-8-25;/h1-20,23,33H,21-22,24,37H2,(H,38,42);1H. The fourth-order valence-electron chi connectivity index (χ4n) is 5.71. The first-order chi connectivity index (χ1) is 21.0. The molecule has 220 valence electrons. The molecule has 1 amide bonds. The Bertz CT molecular complexity index is 1910. The third-order valence-electron chi connectivity index (χ3n) is 8.14. The van der Waals surface area contributed by atoms with Gasteiger partial charge in [-0.25, -0.2) is 9.48 Å². The maximum Gasteiger partial charge on any atom is 0.411 e. The van der Waals surface area contributed by atoms with Crippen LogP contribution in [-0.4, -0.2) is 26.6 Å². The summed E-state index contributed by atoms with van der Waals surface area (Å²) in [4.78, 5) is 12.3. The summed E-state index contributed by atoms with van der Waals surface area (Å²) in [6.45, 7) is 0.205. The predicted molar refractivity (Wildman–Crippen MR) is 176 cm³/mol. The molecule has 0 aliphatic heterocycles. The molecule has 1 fully saturated rings. The second-order valence-corrected chi connectivity index (χ2v) is 11.3. The van der Waals surface area contributed by atoms with Gasteiger partial charge in [-0.15, -0.1) is 17.5 Å². The highest BCUT2D eigenvalue weighted by Crippen LogP contribution is 2.51. The summed E-state index contributed by atoms with van der Waals surface area (Å²) in [6.07, 6.45) is 3.19. The third kappa shape index (κ3) is 6.34. The number of hydrogen-bond acceptors (Lipinski definition) is 5. The molecule has 5 aromatic carbocycles. The molecule has 0 bridgehead atoms. The Morgan fingerprint density at radius 3 is 2.45 bits per heavy atom. The van der Waals surface area contributed by atoms with Crippen molar-refractivity contribution in [1.29, 1.82) is 0 Å². The average molecular weight is 602 g/mol. The van der Waals surface area contributed by atoms with Crippen LogP contribution in [0.5, 0.6) is 0 Å². The second-order valence-electron chi connectivity index (χ2n) is 11.3. The summed E-state index contributed by atoms with van der Waals surface area (Å²) in [6, 6.07) is 40.5. The van der Waals surface area contributed by atoms with Crippen LogP contribution in [0.1, 0.15) is 29.0 Å². The number of aromatic nitrogens is 3. The SMILES string of the molecule is Cl.NC1(Cc2ccc3ccccc3c2)CC1c1ccc(-n2cc(-c3cccc(NC(=O)OCc4ccccc4)c3)nn2)cc1. The van der Waals surface area contributed by atoms with E-state index < -0.39 is 6.09 Å². The molecule has 0 saturated heterocycles. The Hall–Kier alpha value is -4.98. The van der Waals surface area contributed by atoms with E-state index in [2.05, 4.69) is 82.4 Å². The van der Waals surface area contributed by atoms with Gasteiger partial charge < -0.3 is 10.5 Å². The number of amides is 1. The quantitative estimate of drug-likeness (QED) is 0.186. The van der Waals surface area contributed by atoms with Crippen molar-refractivity contribution >= 4 is 35.0 Å². The third-order valence-corrected chi connectivity index (χ3v) is 8.14. The number of nitrogens with zero attached hydrogens (tertiary/aromatic N) is 3. The van der Waals surface area contributed by atoms with Gasteiger partial charge in [0.25, 0.3) is 0 Å². The molecule has 1 aromatic heterocycles. The minimum atomic E-state index is -0.515. The van der Waals surface area contributed by atoms with E-state index in [-0.39, 0.29) is 24.6 Å². The van der Waals surface area contributed by atoms with Gasteiger partial charge in [-0.05, 0) is 64.6 Å². The normalized spacial score (nSPS) is 17.1. The Balaban J connectivity index is 0.00000343. The summed E-state index contributed by atoms with van der Waals surface area (Å²) in [5, 5.41) is 14.0. The molecule has 3 N–H and O–H groups in total. The molecular formula is C36H32ClN5O2. The lowest BCUT2D eigenvalue weighted by atomic mass is 9.97. The average Bonchev–Trinajstić information content (AvgIpc) is 3.45. The van der Waals surface area contributed by atoms with Crippen molar-refractivity contribution in [3.63, 3.8) is 0 Å². The summed E-state index contributed by atoms with van der Waals surface area (Å²) < 4.78 is 7.09. The molecule has 1 aliphatic rings. The number of nitrogens with one attached hydrogen (secondary N) is 1. The van der Waals surface area contributed by atoms with Gasteiger partial charge in [-0.2, -0.15) is 0 Å². The van der Waals surface area contributed by atoms with Crippen molar-refractivity contribution in [1.82, 2.24) is 15.0 Å². The van der Waals surface area contributed by atoms with Crippen LogP contribution in [0.4, 0.5) is 10.5 Å². The summed E-state index contributed by atoms with van der Waals surface area (Å²) >= 11 is 0. The molecule has 1 aliphatic carbocycles. The lowest BCUT2D eigenvalue weighted by molar-refractivity contribution is 0.155. The van der Waals surface area contributed by atoms with Gasteiger partial charge in [-0.3, -0.25) is 5.32 Å². The van der Waals surface area contributed by atoms with Crippen LogP contribution >= 0.6 is 12.4 Å². The first kappa shape index (κ1) is 29.1. The summed E-state index contributed by atoms with van der Waals surface area (Å²) in [5.74, 6) is 0.328. The highest BCUT2D eigenvalue weighted by molar-refractivity contribution is 5.86. The maximum absolute atomic E-state index is 12.3. The van der Waals surface area contributed by atoms with Crippen molar-refractivity contribution in [2.24, 2.45) is 5.73 Å². The van der Waals surface area contributed by atoms with E-state index in [9.17, 15) is 4.79 Å². The molecule has 2 unspecified atom stereocenters. The summed E-state index contributed by atoms with van der Waals surface area (Å²) in [7, 11) is 0. The molecule has 7 nitrogen and oxygen atoms in total. The van der Waals surface area contributed by atoms with Gasteiger partial charge in [0, 0.05) is 22.7 Å². The number of carbonyl (C=O) groups excluding carboxylic acids is 1. The first-order valence-corrected chi connectivity index (χ1v) is 14.4. The molecule has 1 saturated carbocycles. The molecule has 1 heterocycles. The van der Waals surface area contributed by atoms with Gasteiger partial charge >= 0.3 is 6.09 Å². The fourth-order valence-corrected chi connectivity index (χ4v) is 5.71. The van der Waals surface area contributed by atoms with Crippen LogP contribution in [0.25, 0.3) is 27.7 Å². The molecule has 2 atom stereocenters. The number of hydrogen-bond donors (Lipinski definition) is 2. The van der Waals surface area contributed by atoms with E-state index >= 15 is 0 Å². The number of rotatable bonds is 8. The summed E-state index contributed by atoms with van der Waals surface area (Å²) in [5.41, 5.74) is 13.1. The largest absolute Gasteiger partial charge is 0.444 e. The minimum absolute atomic E-state index is 0. The Labute approximate surface area is 262 Å². The van der Waals surface area contributed by atoms with E-state index in [1.807, 2.05) is 60.8 Å². The van der Waals surface area contributed by atoms with Crippen LogP contribution in [0, 0.1) is 0 Å².